The quantitative estimate of drug-likeness (QED) is 0.764. The Bertz CT molecular complexity index is 563. The molecule has 0 aliphatic carbocycles. The molecule has 1 aliphatic rings. The molecule has 1 saturated heterocycles. The van der Waals surface area contributed by atoms with Gasteiger partial charge in [0.15, 0.2) is 8.32 Å². The van der Waals surface area contributed by atoms with E-state index in [0.29, 0.717) is 6.61 Å². The van der Waals surface area contributed by atoms with Gasteiger partial charge in [-0.1, -0.05) is 20.8 Å². The molecular formula is C17H33BN2O3Si. The van der Waals surface area contributed by atoms with Gasteiger partial charge in [-0.25, -0.2) is 0 Å². The first-order valence-corrected chi connectivity index (χ1v) is 11.7. The minimum Gasteiger partial charge on any atom is -0.415 e. The summed E-state index contributed by atoms with van der Waals surface area (Å²) in [6, 6.07) is 0. The fourth-order valence-electron chi connectivity index (χ4n) is 2.21. The zero-order valence-electron chi connectivity index (χ0n) is 16.8. The van der Waals surface area contributed by atoms with Crippen LogP contribution in [0.5, 0.6) is 0 Å². The van der Waals surface area contributed by atoms with Gasteiger partial charge in [0.05, 0.1) is 24.4 Å². The molecule has 0 N–H and O–H groups in total. The average Bonchev–Trinajstić information content (AvgIpc) is 2.91. The summed E-state index contributed by atoms with van der Waals surface area (Å²) in [5.41, 5.74) is 0.303. The number of nitrogens with zero attached hydrogens (tertiary/aromatic N) is 2. The van der Waals surface area contributed by atoms with Gasteiger partial charge in [-0.2, -0.15) is 5.10 Å². The highest BCUT2D eigenvalue weighted by Crippen LogP contribution is 2.37. The van der Waals surface area contributed by atoms with E-state index in [2.05, 4.69) is 66.7 Å². The molecule has 0 atom stereocenters. The summed E-state index contributed by atoms with van der Waals surface area (Å²) in [6.07, 6.45) is 3.83. The summed E-state index contributed by atoms with van der Waals surface area (Å²) < 4.78 is 20.3. The first-order valence-electron chi connectivity index (χ1n) is 8.77. The highest BCUT2D eigenvalue weighted by molar-refractivity contribution is 6.74. The van der Waals surface area contributed by atoms with Crippen LogP contribution in [0.3, 0.4) is 0 Å². The fraction of sp³-hybridized carbons (Fsp3) is 0.824. The molecule has 0 unspecified atom stereocenters. The molecule has 1 aromatic rings. The van der Waals surface area contributed by atoms with Crippen LogP contribution in [-0.2, 0) is 20.3 Å². The van der Waals surface area contributed by atoms with E-state index in [0.717, 1.165) is 12.0 Å². The fourth-order valence-corrected chi connectivity index (χ4v) is 3.25. The summed E-state index contributed by atoms with van der Waals surface area (Å²) in [4.78, 5) is 0. The summed E-state index contributed by atoms with van der Waals surface area (Å²) in [6.45, 7) is 21.0. The molecule has 24 heavy (non-hydrogen) atoms. The standard InChI is InChI=1S/C17H33BN2O3Si/c1-15(2,3)24(8,9)21-11-10-20-13-14(12-19-20)18-22-16(4,5)17(6,7)23-18/h12-13H,10-11H2,1-9H3. The van der Waals surface area contributed by atoms with Crippen LogP contribution >= 0.6 is 0 Å². The van der Waals surface area contributed by atoms with E-state index < -0.39 is 8.32 Å². The van der Waals surface area contributed by atoms with Crippen molar-refractivity contribution in [1.82, 2.24) is 9.78 Å². The molecule has 0 bridgehead atoms. The highest BCUT2D eigenvalue weighted by Gasteiger charge is 2.52. The Morgan fingerprint density at radius 2 is 1.71 bits per heavy atom. The second kappa shape index (κ2) is 6.27. The topological polar surface area (TPSA) is 45.5 Å². The Hall–Kier alpha value is -0.628. The van der Waals surface area contributed by atoms with Crippen molar-refractivity contribution in [3.05, 3.63) is 12.4 Å². The predicted octanol–water partition coefficient (Wildman–Crippen LogP) is 3.20. The largest absolute Gasteiger partial charge is 0.498 e. The minimum atomic E-state index is -1.71. The van der Waals surface area contributed by atoms with Gasteiger partial charge < -0.3 is 13.7 Å². The Labute approximate surface area is 148 Å². The van der Waals surface area contributed by atoms with Crippen LogP contribution in [-0.4, -0.2) is 43.0 Å². The molecule has 2 rings (SSSR count). The first kappa shape index (κ1) is 19.7. The van der Waals surface area contributed by atoms with Crippen LogP contribution in [0.2, 0.25) is 18.1 Å². The molecule has 1 fully saturated rings. The molecule has 1 aromatic heterocycles. The third-order valence-electron chi connectivity index (χ3n) is 5.77. The van der Waals surface area contributed by atoms with E-state index in [1.165, 1.54) is 0 Å². The second-order valence-electron chi connectivity index (χ2n) is 9.23. The van der Waals surface area contributed by atoms with E-state index in [-0.39, 0.29) is 23.4 Å². The van der Waals surface area contributed by atoms with Crippen LogP contribution in [0.4, 0.5) is 0 Å². The molecule has 0 amide bonds. The normalized spacial score (nSPS) is 20.6. The van der Waals surface area contributed by atoms with Gasteiger partial charge in [0.2, 0.25) is 0 Å². The average molecular weight is 352 g/mol. The van der Waals surface area contributed by atoms with E-state index in [1.807, 2.05) is 17.1 Å². The van der Waals surface area contributed by atoms with Gasteiger partial charge in [-0.3, -0.25) is 4.68 Å². The lowest BCUT2D eigenvalue weighted by Crippen LogP contribution is -2.41. The summed E-state index contributed by atoms with van der Waals surface area (Å²) >= 11 is 0. The molecular weight excluding hydrogens is 319 g/mol. The molecule has 5 nitrogen and oxygen atoms in total. The van der Waals surface area contributed by atoms with Gasteiger partial charge in [0, 0.05) is 17.9 Å². The van der Waals surface area contributed by atoms with Gasteiger partial charge >= 0.3 is 7.12 Å². The maximum absolute atomic E-state index is 6.21. The number of aromatic nitrogens is 2. The van der Waals surface area contributed by atoms with Crippen LogP contribution < -0.4 is 5.46 Å². The molecule has 2 heterocycles. The Morgan fingerprint density at radius 3 is 2.21 bits per heavy atom. The highest BCUT2D eigenvalue weighted by atomic mass is 28.4. The van der Waals surface area contributed by atoms with E-state index in [9.17, 15) is 0 Å². The Morgan fingerprint density at radius 1 is 1.17 bits per heavy atom. The molecule has 0 aromatic carbocycles. The van der Waals surface area contributed by atoms with Crippen molar-refractivity contribution in [3.63, 3.8) is 0 Å². The van der Waals surface area contributed by atoms with Crippen LogP contribution in [0.1, 0.15) is 48.5 Å². The van der Waals surface area contributed by atoms with Crippen molar-refractivity contribution in [3.8, 4) is 0 Å². The van der Waals surface area contributed by atoms with Crippen molar-refractivity contribution in [2.24, 2.45) is 0 Å². The molecule has 0 spiro atoms. The lowest BCUT2D eigenvalue weighted by Gasteiger charge is -2.36. The van der Waals surface area contributed by atoms with Crippen molar-refractivity contribution in [2.45, 2.75) is 84.3 Å². The number of rotatable bonds is 5. The molecule has 136 valence electrons. The number of hydrogen-bond acceptors (Lipinski definition) is 4. The Kier molecular flexibility index (Phi) is 5.14. The van der Waals surface area contributed by atoms with Crippen molar-refractivity contribution in [2.75, 3.05) is 6.61 Å². The SMILES string of the molecule is CC1(C)OB(c2cnn(CCO[Si](C)(C)C(C)(C)C)c2)OC1(C)C. The van der Waals surface area contributed by atoms with Gasteiger partial charge in [0.1, 0.15) is 0 Å². The molecule has 1 aliphatic heterocycles. The second-order valence-corrected chi connectivity index (χ2v) is 14.0. The van der Waals surface area contributed by atoms with Gasteiger partial charge in [0.25, 0.3) is 0 Å². The van der Waals surface area contributed by atoms with Crippen LogP contribution in [0.15, 0.2) is 12.4 Å². The van der Waals surface area contributed by atoms with Crippen LogP contribution in [0.25, 0.3) is 0 Å². The zero-order chi connectivity index (χ0) is 18.4. The molecule has 0 saturated carbocycles. The molecule has 7 heteroatoms. The maximum Gasteiger partial charge on any atom is 0.498 e. The summed E-state index contributed by atoms with van der Waals surface area (Å²) in [7, 11) is -2.06. The van der Waals surface area contributed by atoms with Crippen molar-refractivity contribution < 1.29 is 13.7 Å². The van der Waals surface area contributed by atoms with Crippen molar-refractivity contribution >= 4 is 20.9 Å². The Balaban J connectivity index is 1.93. The third kappa shape index (κ3) is 3.95. The lowest BCUT2D eigenvalue weighted by molar-refractivity contribution is 0.00578. The summed E-state index contributed by atoms with van der Waals surface area (Å²) in [5, 5.41) is 4.66. The smallest absolute Gasteiger partial charge is 0.415 e. The lowest BCUT2D eigenvalue weighted by atomic mass is 9.82. The molecule has 0 radical (unpaired) electrons. The van der Waals surface area contributed by atoms with Crippen LogP contribution in [0, 0.1) is 0 Å². The van der Waals surface area contributed by atoms with Crippen molar-refractivity contribution in [1.29, 1.82) is 0 Å². The zero-order valence-corrected chi connectivity index (χ0v) is 17.8. The monoisotopic (exact) mass is 352 g/mol. The summed E-state index contributed by atoms with van der Waals surface area (Å²) in [5.74, 6) is 0. The first-order chi connectivity index (χ1) is 10.8. The minimum absolute atomic E-state index is 0.227. The predicted molar refractivity (Wildman–Crippen MR) is 101 cm³/mol. The number of hydrogen-bond donors (Lipinski definition) is 0. The third-order valence-corrected chi connectivity index (χ3v) is 10.3. The van der Waals surface area contributed by atoms with E-state index in [1.54, 1.807) is 0 Å². The maximum atomic E-state index is 6.21. The van der Waals surface area contributed by atoms with E-state index in [4.69, 9.17) is 13.7 Å². The van der Waals surface area contributed by atoms with Gasteiger partial charge in [-0.15, -0.1) is 0 Å². The van der Waals surface area contributed by atoms with Gasteiger partial charge in [-0.05, 0) is 45.8 Å². The van der Waals surface area contributed by atoms with E-state index >= 15 is 0 Å².